The first-order valence-electron chi connectivity index (χ1n) is 11.3. The minimum Gasteiger partial charge on any atom is -0.356 e. The Morgan fingerprint density at radius 3 is 2.79 bits per heavy atom. The number of alkyl halides is 3. The molecule has 5 atom stereocenters. The molecule has 1 saturated carbocycles. The Balaban J connectivity index is 1.52. The smallest absolute Gasteiger partial charge is 0.356 e. The highest BCUT2D eigenvalue weighted by atomic mass is 19.4. The summed E-state index contributed by atoms with van der Waals surface area (Å²) in [7, 11) is 0. The van der Waals surface area contributed by atoms with E-state index in [0.717, 1.165) is 12.6 Å². The molecule has 1 aromatic heterocycles. The Morgan fingerprint density at radius 1 is 1.41 bits per heavy atom. The number of halogens is 3. The quantitative estimate of drug-likeness (QED) is 0.674. The summed E-state index contributed by atoms with van der Waals surface area (Å²) in [6, 6.07) is 2.08. The van der Waals surface area contributed by atoms with E-state index in [1.54, 1.807) is 0 Å². The number of fused-ring (bicyclic) bond motifs is 1. The van der Waals surface area contributed by atoms with E-state index in [2.05, 4.69) is 15.6 Å². The Morgan fingerprint density at radius 2 is 2.15 bits per heavy atom. The van der Waals surface area contributed by atoms with Gasteiger partial charge in [-0.05, 0) is 48.6 Å². The molecule has 0 aromatic carbocycles. The highest BCUT2D eigenvalue weighted by Crippen LogP contribution is 2.65. The fourth-order valence-electron chi connectivity index (χ4n) is 5.43. The van der Waals surface area contributed by atoms with Crippen LogP contribution in [0.25, 0.3) is 0 Å². The van der Waals surface area contributed by atoms with Gasteiger partial charge in [0.15, 0.2) is 0 Å². The number of hydrogen-bond acceptors (Lipinski definition) is 5. The molecule has 0 spiro atoms. The number of nitrogens with zero attached hydrogens (tertiary/aromatic N) is 3. The number of piperidine rings is 2. The Kier molecular flexibility index (Phi) is 6.04. The molecule has 0 radical (unpaired) electrons. The van der Waals surface area contributed by atoms with Crippen LogP contribution in [-0.2, 0) is 15.8 Å². The van der Waals surface area contributed by atoms with Crippen molar-refractivity contribution in [3.63, 3.8) is 0 Å². The number of hydrogen-bond donors (Lipinski definition) is 2. The second-order valence-electron chi connectivity index (χ2n) is 9.84. The summed E-state index contributed by atoms with van der Waals surface area (Å²) < 4.78 is 39.2. The maximum atomic E-state index is 13.3. The molecule has 1 aliphatic carbocycles. The van der Waals surface area contributed by atoms with E-state index in [0.29, 0.717) is 19.0 Å². The van der Waals surface area contributed by atoms with Gasteiger partial charge >= 0.3 is 6.18 Å². The van der Waals surface area contributed by atoms with E-state index in [4.69, 9.17) is 0 Å². The summed E-state index contributed by atoms with van der Waals surface area (Å²) in [5.74, 6) is -1.89. The molecule has 3 fully saturated rings. The monoisotopic (exact) mass is 477 g/mol. The van der Waals surface area contributed by atoms with Gasteiger partial charge in [0.05, 0.1) is 6.07 Å². The summed E-state index contributed by atoms with van der Waals surface area (Å²) >= 11 is 0. The van der Waals surface area contributed by atoms with E-state index in [9.17, 15) is 32.8 Å². The van der Waals surface area contributed by atoms with E-state index in [-0.39, 0.29) is 47.6 Å². The third-order valence-corrected chi connectivity index (χ3v) is 7.43. The van der Waals surface area contributed by atoms with Crippen molar-refractivity contribution in [3.05, 3.63) is 29.6 Å². The molecule has 2 N–H and O–H groups in total. The lowest BCUT2D eigenvalue weighted by Gasteiger charge is -2.31. The molecular formula is C23H26F3N5O3. The summed E-state index contributed by atoms with van der Waals surface area (Å²) in [6.07, 6.45) is -2.21. The van der Waals surface area contributed by atoms with Crippen LogP contribution in [-0.4, -0.2) is 52.8 Å². The van der Waals surface area contributed by atoms with Crippen molar-refractivity contribution in [3.8, 4) is 6.07 Å². The average molecular weight is 477 g/mol. The minimum absolute atomic E-state index is 0.0285. The number of pyridine rings is 1. The summed E-state index contributed by atoms with van der Waals surface area (Å²) in [5, 5.41) is 15.0. The zero-order valence-corrected chi connectivity index (χ0v) is 18.9. The van der Waals surface area contributed by atoms with Crippen LogP contribution in [0.3, 0.4) is 0 Å². The van der Waals surface area contributed by atoms with Crippen molar-refractivity contribution in [1.29, 1.82) is 5.26 Å². The minimum atomic E-state index is -4.70. The van der Waals surface area contributed by atoms with Crippen LogP contribution >= 0.6 is 0 Å². The molecule has 34 heavy (non-hydrogen) atoms. The van der Waals surface area contributed by atoms with Gasteiger partial charge in [-0.2, -0.15) is 18.4 Å². The third-order valence-electron chi connectivity index (χ3n) is 7.43. The number of rotatable bonds is 5. The van der Waals surface area contributed by atoms with Gasteiger partial charge in [0.25, 0.3) is 5.91 Å². The lowest BCUT2D eigenvalue weighted by Crippen LogP contribution is -2.52. The maximum Gasteiger partial charge on any atom is 0.433 e. The Hall–Kier alpha value is -3.16. The van der Waals surface area contributed by atoms with E-state index < -0.39 is 35.8 Å². The van der Waals surface area contributed by atoms with Gasteiger partial charge in [-0.3, -0.25) is 19.4 Å². The average Bonchev–Trinajstić information content (AvgIpc) is 3.11. The van der Waals surface area contributed by atoms with Gasteiger partial charge in [0.2, 0.25) is 11.8 Å². The maximum absolute atomic E-state index is 13.3. The number of likely N-dealkylation sites (tertiary alicyclic amines) is 1. The molecule has 3 amide bonds. The molecule has 11 heteroatoms. The first-order valence-corrected chi connectivity index (χ1v) is 11.3. The highest BCUT2D eigenvalue weighted by Gasteiger charge is 2.69. The van der Waals surface area contributed by atoms with Crippen molar-refractivity contribution in [2.45, 2.75) is 51.4 Å². The molecule has 0 unspecified atom stereocenters. The number of carbonyl (C=O) groups excluding carboxylic acids is 3. The summed E-state index contributed by atoms with van der Waals surface area (Å²) in [6.45, 7) is 4.78. The van der Waals surface area contributed by atoms with E-state index >= 15 is 0 Å². The summed E-state index contributed by atoms with van der Waals surface area (Å²) in [4.78, 5) is 43.1. The Labute approximate surface area is 194 Å². The summed E-state index contributed by atoms with van der Waals surface area (Å²) in [5.41, 5.74) is -1.59. The van der Waals surface area contributed by atoms with E-state index in [1.807, 2.05) is 19.9 Å². The molecule has 3 aliphatic rings. The van der Waals surface area contributed by atoms with Gasteiger partial charge in [-0.1, -0.05) is 13.8 Å². The largest absolute Gasteiger partial charge is 0.433 e. The van der Waals surface area contributed by atoms with Crippen molar-refractivity contribution in [2.75, 3.05) is 13.1 Å². The number of aromatic nitrogens is 1. The molecule has 2 aliphatic heterocycles. The van der Waals surface area contributed by atoms with Crippen LogP contribution in [0.4, 0.5) is 13.2 Å². The SMILES string of the molecule is CC1(C)[C@@H]2[C@@H](C(=O)N[C@H](C#N)C[C@@H]3CCCNC3=O)N(C(=O)c3ccnc(C(F)(F)F)c3)C[C@@H]21. The van der Waals surface area contributed by atoms with Crippen LogP contribution in [0, 0.1) is 34.5 Å². The van der Waals surface area contributed by atoms with Crippen molar-refractivity contribution in [1.82, 2.24) is 20.5 Å². The molecular weight excluding hydrogens is 451 g/mol. The van der Waals surface area contributed by atoms with Gasteiger partial charge in [0, 0.05) is 30.8 Å². The lowest BCUT2D eigenvalue weighted by atomic mass is 9.91. The van der Waals surface area contributed by atoms with Crippen molar-refractivity contribution >= 4 is 17.7 Å². The number of nitriles is 1. The number of nitrogens with one attached hydrogen (secondary N) is 2. The first-order chi connectivity index (χ1) is 15.9. The van der Waals surface area contributed by atoms with Crippen LogP contribution in [0.2, 0.25) is 0 Å². The molecule has 182 valence electrons. The second-order valence-corrected chi connectivity index (χ2v) is 9.84. The molecule has 3 heterocycles. The van der Waals surface area contributed by atoms with Crippen molar-refractivity contribution in [2.24, 2.45) is 23.2 Å². The topological polar surface area (TPSA) is 115 Å². The van der Waals surface area contributed by atoms with Crippen LogP contribution < -0.4 is 10.6 Å². The normalized spacial score (nSPS) is 28.4. The molecule has 8 nitrogen and oxygen atoms in total. The molecule has 0 bridgehead atoms. The lowest BCUT2D eigenvalue weighted by molar-refractivity contribution is -0.141. The predicted molar refractivity (Wildman–Crippen MR) is 113 cm³/mol. The van der Waals surface area contributed by atoms with Gasteiger partial charge in [0.1, 0.15) is 17.8 Å². The highest BCUT2D eigenvalue weighted by molar-refractivity contribution is 5.98. The van der Waals surface area contributed by atoms with Gasteiger partial charge in [-0.25, -0.2) is 0 Å². The first kappa shape index (κ1) is 24.0. The fraction of sp³-hybridized carbons (Fsp3) is 0.609. The zero-order chi connectivity index (χ0) is 24.8. The molecule has 4 rings (SSSR count). The van der Waals surface area contributed by atoms with Crippen LogP contribution in [0.15, 0.2) is 18.3 Å². The van der Waals surface area contributed by atoms with Crippen molar-refractivity contribution < 1.29 is 27.6 Å². The van der Waals surface area contributed by atoms with Crippen LogP contribution in [0.1, 0.15) is 49.2 Å². The zero-order valence-electron chi connectivity index (χ0n) is 18.9. The van der Waals surface area contributed by atoms with Crippen LogP contribution in [0.5, 0.6) is 0 Å². The molecule has 2 saturated heterocycles. The Bertz CT molecular complexity index is 1050. The van der Waals surface area contributed by atoms with Gasteiger partial charge in [-0.15, -0.1) is 0 Å². The van der Waals surface area contributed by atoms with Gasteiger partial charge < -0.3 is 15.5 Å². The predicted octanol–water partition coefficient (Wildman–Crippen LogP) is 2.12. The standard InChI is InChI=1S/C23H26F3N5O3/c1-22(2)15-11-31(21(34)13-5-7-28-16(9-13)23(24,25)26)18(17(15)22)20(33)30-14(10-27)8-12-4-3-6-29-19(12)32/h5,7,9,12,14-15,17-18H,3-4,6,8,11H2,1-2H3,(H,29,32)(H,30,33)/t12-,14-,15-,17-,18-/m0/s1. The van der Waals surface area contributed by atoms with E-state index in [1.165, 1.54) is 11.0 Å². The third kappa shape index (κ3) is 4.33. The fourth-order valence-corrected chi connectivity index (χ4v) is 5.43. The second kappa shape index (κ2) is 8.56. The number of carbonyl (C=O) groups is 3. The number of amides is 3. The molecule has 1 aromatic rings.